The van der Waals surface area contributed by atoms with E-state index < -0.39 is 0 Å². The third-order valence-corrected chi connectivity index (χ3v) is 3.46. The smallest absolute Gasteiger partial charge is 0.0143 e. The summed E-state index contributed by atoms with van der Waals surface area (Å²) in [5, 5.41) is 0. The SMILES string of the molecule is CCC(C)CCCC(Br)CC. The van der Waals surface area contributed by atoms with Crippen molar-refractivity contribution in [3.05, 3.63) is 0 Å². The first-order valence-corrected chi connectivity index (χ1v) is 5.76. The van der Waals surface area contributed by atoms with Crippen molar-refractivity contribution in [1.82, 2.24) is 0 Å². The lowest BCUT2D eigenvalue weighted by atomic mass is 10.0. The standard InChI is InChI=1S/C10H21Br/c1-4-9(3)7-6-8-10(11)5-2/h9-10H,4-8H2,1-3H3. The van der Waals surface area contributed by atoms with Crippen LogP contribution in [-0.4, -0.2) is 4.83 Å². The van der Waals surface area contributed by atoms with Crippen LogP contribution < -0.4 is 0 Å². The average Bonchev–Trinajstić information content (AvgIpc) is 2.04. The highest BCUT2D eigenvalue weighted by Crippen LogP contribution is 2.17. The largest absolute Gasteiger partial charge is 0.0891 e. The van der Waals surface area contributed by atoms with Crippen molar-refractivity contribution in [2.24, 2.45) is 5.92 Å². The second-order valence-corrected chi connectivity index (χ2v) is 4.74. The van der Waals surface area contributed by atoms with E-state index in [1.807, 2.05) is 0 Å². The van der Waals surface area contributed by atoms with Crippen LogP contribution in [0, 0.1) is 5.92 Å². The zero-order valence-corrected chi connectivity index (χ0v) is 9.65. The zero-order chi connectivity index (χ0) is 8.69. The molecule has 0 saturated carbocycles. The van der Waals surface area contributed by atoms with E-state index in [1.165, 1.54) is 32.1 Å². The molecule has 2 unspecified atom stereocenters. The van der Waals surface area contributed by atoms with Gasteiger partial charge in [0.05, 0.1) is 0 Å². The van der Waals surface area contributed by atoms with Crippen LogP contribution in [0.25, 0.3) is 0 Å². The summed E-state index contributed by atoms with van der Waals surface area (Å²) in [7, 11) is 0. The molecule has 0 spiro atoms. The second-order valence-electron chi connectivity index (χ2n) is 3.45. The summed E-state index contributed by atoms with van der Waals surface area (Å²) in [5.74, 6) is 0.923. The van der Waals surface area contributed by atoms with Crippen LogP contribution in [0.15, 0.2) is 0 Å². The minimum Gasteiger partial charge on any atom is -0.0891 e. The topological polar surface area (TPSA) is 0 Å². The highest BCUT2D eigenvalue weighted by molar-refractivity contribution is 9.09. The molecule has 0 nitrogen and oxygen atoms in total. The summed E-state index contributed by atoms with van der Waals surface area (Å²) in [5.41, 5.74) is 0. The summed E-state index contributed by atoms with van der Waals surface area (Å²) in [6.07, 6.45) is 6.73. The van der Waals surface area contributed by atoms with E-state index in [4.69, 9.17) is 0 Å². The van der Waals surface area contributed by atoms with E-state index in [9.17, 15) is 0 Å². The van der Waals surface area contributed by atoms with Crippen LogP contribution in [0.1, 0.15) is 52.9 Å². The first-order valence-electron chi connectivity index (χ1n) is 4.84. The van der Waals surface area contributed by atoms with Gasteiger partial charge in [-0.1, -0.05) is 56.0 Å². The zero-order valence-electron chi connectivity index (χ0n) is 8.07. The first kappa shape index (κ1) is 11.5. The molecular weight excluding hydrogens is 200 g/mol. The molecule has 0 radical (unpaired) electrons. The fourth-order valence-electron chi connectivity index (χ4n) is 1.10. The Bertz CT molecular complexity index is 70.9. The highest BCUT2D eigenvalue weighted by atomic mass is 79.9. The van der Waals surface area contributed by atoms with Gasteiger partial charge < -0.3 is 0 Å². The van der Waals surface area contributed by atoms with Crippen LogP contribution in [0.5, 0.6) is 0 Å². The second kappa shape index (κ2) is 7.15. The fourth-order valence-corrected chi connectivity index (χ4v) is 1.42. The van der Waals surface area contributed by atoms with E-state index in [2.05, 4.69) is 36.7 Å². The van der Waals surface area contributed by atoms with E-state index in [0.717, 1.165) is 10.7 Å². The third kappa shape index (κ3) is 6.86. The van der Waals surface area contributed by atoms with E-state index in [-0.39, 0.29) is 0 Å². The number of rotatable bonds is 6. The summed E-state index contributed by atoms with van der Waals surface area (Å²) < 4.78 is 0. The third-order valence-electron chi connectivity index (χ3n) is 2.35. The number of hydrogen-bond acceptors (Lipinski definition) is 0. The van der Waals surface area contributed by atoms with Gasteiger partial charge in [-0.2, -0.15) is 0 Å². The molecule has 0 saturated heterocycles. The van der Waals surface area contributed by atoms with Gasteiger partial charge in [-0.15, -0.1) is 0 Å². The summed E-state index contributed by atoms with van der Waals surface area (Å²) >= 11 is 3.65. The van der Waals surface area contributed by atoms with Crippen molar-refractivity contribution in [3.63, 3.8) is 0 Å². The van der Waals surface area contributed by atoms with E-state index in [0.29, 0.717) is 0 Å². The summed E-state index contributed by atoms with van der Waals surface area (Å²) in [6, 6.07) is 0. The molecule has 0 aliphatic carbocycles. The fraction of sp³-hybridized carbons (Fsp3) is 1.00. The molecule has 0 aliphatic heterocycles. The molecular formula is C10H21Br. The number of hydrogen-bond donors (Lipinski definition) is 0. The molecule has 68 valence electrons. The van der Waals surface area contributed by atoms with Crippen LogP contribution in [-0.2, 0) is 0 Å². The van der Waals surface area contributed by atoms with Crippen LogP contribution in [0.2, 0.25) is 0 Å². The summed E-state index contributed by atoms with van der Waals surface area (Å²) in [4.78, 5) is 0.756. The maximum atomic E-state index is 3.65. The van der Waals surface area contributed by atoms with Crippen LogP contribution in [0.4, 0.5) is 0 Å². The predicted molar refractivity (Wildman–Crippen MR) is 56.3 cm³/mol. The maximum absolute atomic E-state index is 3.65. The van der Waals surface area contributed by atoms with Crippen LogP contribution >= 0.6 is 15.9 Å². The molecule has 0 bridgehead atoms. The lowest BCUT2D eigenvalue weighted by Crippen LogP contribution is -1.98. The van der Waals surface area contributed by atoms with Crippen molar-refractivity contribution >= 4 is 15.9 Å². The molecule has 0 rings (SSSR count). The molecule has 1 heteroatoms. The van der Waals surface area contributed by atoms with Gasteiger partial charge in [0.2, 0.25) is 0 Å². The Morgan fingerprint density at radius 1 is 1.09 bits per heavy atom. The molecule has 0 heterocycles. The molecule has 0 aliphatic rings. The van der Waals surface area contributed by atoms with Crippen molar-refractivity contribution in [2.75, 3.05) is 0 Å². The van der Waals surface area contributed by atoms with Gasteiger partial charge in [-0.25, -0.2) is 0 Å². The molecule has 0 aromatic heterocycles. The average molecular weight is 221 g/mol. The van der Waals surface area contributed by atoms with Crippen LogP contribution in [0.3, 0.4) is 0 Å². The monoisotopic (exact) mass is 220 g/mol. The van der Waals surface area contributed by atoms with Crippen molar-refractivity contribution in [3.8, 4) is 0 Å². The number of halogens is 1. The van der Waals surface area contributed by atoms with E-state index >= 15 is 0 Å². The van der Waals surface area contributed by atoms with Crippen molar-refractivity contribution < 1.29 is 0 Å². The Kier molecular flexibility index (Phi) is 7.46. The molecule has 0 amide bonds. The quantitative estimate of drug-likeness (QED) is 0.584. The predicted octanol–water partition coefficient (Wildman–Crippen LogP) is 4.38. The van der Waals surface area contributed by atoms with Gasteiger partial charge in [0, 0.05) is 4.83 Å². The van der Waals surface area contributed by atoms with Crippen molar-refractivity contribution in [1.29, 1.82) is 0 Å². The normalized spacial score (nSPS) is 16.4. The summed E-state index contributed by atoms with van der Waals surface area (Å²) in [6.45, 7) is 6.86. The molecule has 0 aromatic rings. The van der Waals surface area contributed by atoms with E-state index in [1.54, 1.807) is 0 Å². The Hall–Kier alpha value is 0.480. The Balaban J connectivity index is 3.13. The lowest BCUT2D eigenvalue weighted by Gasteiger charge is -2.09. The molecule has 11 heavy (non-hydrogen) atoms. The molecule has 0 aromatic carbocycles. The Labute approximate surface area is 79.9 Å². The molecule has 0 N–H and O–H groups in total. The first-order chi connectivity index (χ1) is 5.20. The Morgan fingerprint density at radius 3 is 2.18 bits per heavy atom. The van der Waals surface area contributed by atoms with Gasteiger partial charge in [-0.3, -0.25) is 0 Å². The minimum atomic E-state index is 0.756. The highest BCUT2D eigenvalue weighted by Gasteiger charge is 2.02. The molecule has 2 atom stereocenters. The molecule has 0 fully saturated rings. The van der Waals surface area contributed by atoms with Crippen molar-refractivity contribution in [2.45, 2.75) is 57.7 Å². The van der Waals surface area contributed by atoms with Gasteiger partial charge in [0.15, 0.2) is 0 Å². The minimum absolute atomic E-state index is 0.756. The van der Waals surface area contributed by atoms with Gasteiger partial charge in [0.1, 0.15) is 0 Å². The van der Waals surface area contributed by atoms with Gasteiger partial charge >= 0.3 is 0 Å². The van der Waals surface area contributed by atoms with Gasteiger partial charge in [-0.05, 0) is 18.8 Å². The maximum Gasteiger partial charge on any atom is 0.0143 e. The van der Waals surface area contributed by atoms with Gasteiger partial charge in [0.25, 0.3) is 0 Å². The Morgan fingerprint density at radius 2 is 1.73 bits per heavy atom. The number of alkyl halides is 1. The lowest BCUT2D eigenvalue weighted by molar-refractivity contribution is 0.481.